The second kappa shape index (κ2) is 22.2. The number of hydrogen-bond donors (Lipinski definition) is 3. The second-order valence-corrected chi connectivity index (χ2v) is 19.8. The van der Waals surface area contributed by atoms with Gasteiger partial charge in [-0.15, -0.1) is 0 Å². The number of carbonyl (C=O) groups is 3. The van der Waals surface area contributed by atoms with Crippen LogP contribution in [-0.4, -0.2) is 137 Å². The Kier molecular flexibility index (Phi) is 17.3. The third-order valence-electron chi connectivity index (χ3n) is 14.6. The summed E-state index contributed by atoms with van der Waals surface area (Å²) >= 11 is 0. The van der Waals surface area contributed by atoms with Crippen molar-refractivity contribution in [3.05, 3.63) is 84.1 Å². The second-order valence-electron chi connectivity index (χ2n) is 19.8. The molecule has 0 radical (unpaired) electrons. The molecule has 2 aromatic rings. The van der Waals surface area contributed by atoms with E-state index in [1.165, 1.54) is 32.2 Å². The lowest BCUT2D eigenvalue weighted by molar-refractivity contribution is -0.307. The Bertz CT molecular complexity index is 2010. The normalized spacial score (nSPS) is 37.6. The molecule has 0 saturated carbocycles. The molecule has 1 amide bonds. The molecule has 17 heteroatoms. The van der Waals surface area contributed by atoms with Crippen LogP contribution in [0.25, 0.3) is 0 Å². The number of aliphatic hydroxyl groups is 3. The number of fused-ring (bicyclic) bond motifs is 2. The van der Waals surface area contributed by atoms with Gasteiger partial charge in [-0.1, -0.05) is 88.4 Å². The summed E-state index contributed by atoms with van der Waals surface area (Å²) < 4.78 is 63.0. The Balaban J connectivity index is 1.40. The first-order valence-electron chi connectivity index (χ1n) is 23.7. The zero-order chi connectivity index (χ0) is 49.7. The Morgan fingerprint density at radius 2 is 1.53 bits per heavy atom. The Hall–Kier alpha value is -4.33. The number of aliphatic hydroxyl groups excluding tert-OH is 2. The first-order valence-corrected chi connectivity index (χ1v) is 23.7. The zero-order valence-corrected chi connectivity index (χ0v) is 41.2. The van der Waals surface area contributed by atoms with E-state index in [4.69, 9.17) is 47.4 Å². The molecule has 3 N–H and O–H groups in total. The third-order valence-corrected chi connectivity index (χ3v) is 14.6. The summed E-state index contributed by atoms with van der Waals surface area (Å²) in [5.41, 5.74) is -2.67. The van der Waals surface area contributed by atoms with Gasteiger partial charge in [0.05, 0.1) is 59.9 Å². The first-order chi connectivity index (χ1) is 32.1. The number of cyclic esters (lactones) is 1. The van der Waals surface area contributed by atoms with Crippen LogP contribution in [0.4, 0.5) is 9.59 Å². The molecule has 3 saturated heterocycles. The topological polar surface area (TPSA) is 207 Å². The summed E-state index contributed by atoms with van der Waals surface area (Å²) in [6.45, 7) is 15.7. The van der Waals surface area contributed by atoms with Crippen LogP contribution in [0.1, 0.15) is 92.7 Å². The number of ether oxygens (including phenoxy) is 10. The maximum atomic E-state index is 14.6. The molecular weight excluding hydrogens is 883 g/mol. The van der Waals surface area contributed by atoms with Crippen molar-refractivity contribution in [2.45, 2.75) is 179 Å². The molecule has 378 valence electrons. The summed E-state index contributed by atoms with van der Waals surface area (Å²) in [7, 11) is 3.00. The number of likely N-dealkylation sites (N-methyl/N-ethyl adjacent to an activating group) is 1. The highest BCUT2D eigenvalue weighted by Gasteiger charge is 2.59. The fraction of sp³-hybridized carbons (Fsp3) is 0.667. The number of hydrogen-bond acceptors (Lipinski definition) is 16. The fourth-order valence-corrected chi connectivity index (χ4v) is 10.5. The maximum Gasteiger partial charge on any atom is 0.509 e. The van der Waals surface area contributed by atoms with Gasteiger partial charge < -0.3 is 67.6 Å². The number of amides is 1. The number of nitrogens with zero attached hydrogens (tertiary/aromatic N) is 1. The summed E-state index contributed by atoms with van der Waals surface area (Å²) in [4.78, 5) is 43.4. The molecule has 2 aromatic carbocycles. The summed E-state index contributed by atoms with van der Waals surface area (Å²) in [6.07, 6.45) is -8.91. The molecule has 4 heterocycles. The number of rotatable bonds is 14. The van der Waals surface area contributed by atoms with Gasteiger partial charge in [0.25, 0.3) is 0 Å². The van der Waals surface area contributed by atoms with Crippen LogP contribution in [-0.2, 0) is 65.4 Å². The van der Waals surface area contributed by atoms with Crippen molar-refractivity contribution in [1.82, 2.24) is 4.90 Å². The summed E-state index contributed by atoms with van der Waals surface area (Å²) in [5.74, 6) is -3.43. The average molecular weight is 956 g/mol. The monoisotopic (exact) mass is 955 g/mol. The van der Waals surface area contributed by atoms with Crippen molar-refractivity contribution in [3.8, 4) is 0 Å². The van der Waals surface area contributed by atoms with Crippen LogP contribution in [0.5, 0.6) is 0 Å². The highest BCUT2D eigenvalue weighted by atomic mass is 16.8. The molecule has 4 aliphatic rings. The molecule has 18 atom stereocenters. The number of carbonyl (C=O) groups excluding carboxylic acids is 3. The van der Waals surface area contributed by atoms with Gasteiger partial charge >= 0.3 is 18.2 Å². The van der Waals surface area contributed by atoms with E-state index in [0.717, 1.165) is 5.56 Å². The van der Waals surface area contributed by atoms with Crippen LogP contribution in [0.3, 0.4) is 0 Å². The zero-order valence-electron chi connectivity index (χ0n) is 41.2. The Morgan fingerprint density at radius 1 is 0.912 bits per heavy atom. The van der Waals surface area contributed by atoms with Crippen LogP contribution >= 0.6 is 0 Å². The van der Waals surface area contributed by atoms with Crippen LogP contribution < -0.4 is 0 Å². The van der Waals surface area contributed by atoms with E-state index in [1.807, 2.05) is 76.2 Å². The van der Waals surface area contributed by atoms with Gasteiger partial charge in [-0.3, -0.25) is 4.79 Å². The molecule has 3 fully saturated rings. The fourth-order valence-electron chi connectivity index (χ4n) is 10.5. The van der Waals surface area contributed by atoms with Gasteiger partial charge in [0.15, 0.2) is 12.4 Å². The highest BCUT2D eigenvalue weighted by Crippen LogP contribution is 2.48. The standard InChI is InChI=1S/C51H73NO16/c1-12-37(53)51(9,58)44-30(3)39-29(2)25-50(8,68-39)43(31(4)40(32(5)45(55)66-44)64-38-26-49(7,59-11)42(54)33(6)63-38)67-46-41(65-48(57)62-28-35-21-17-14-18-22-35)36(23-24-60-46)52(10)47(56)61-27-34-19-15-13-16-20-34/h13-24,29-33,36-44,46,53-54,58H,12,25-28H2,1-11H3/t29?,30-,31-,32+,33?,36?,37+,38?,39?,40+,41?,42?,43+,44+,46?,49?,50+,51+/m0/s1. The van der Waals surface area contributed by atoms with E-state index < -0.39 is 120 Å². The van der Waals surface area contributed by atoms with E-state index in [-0.39, 0.29) is 32.0 Å². The van der Waals surface area contributed by atoms with Gasteiger partial charge in [-0.05, 0) is 70.6 Å². The molecule has 68 heavy (non-hydrogen) atoms. The maximum absolute atomic E-state index is 14.6. The third kappa shape index (κ3) is 11.6. The lowest BCUT2D eigenvalue weighted by atomic mass is 9.76. The molecule has 17 nitrogen and oxygen atoms in total. The lowest BCUT2D eigenvalue weighted by Gasteiger charge is -2.48. The van der Waals surface area contributed by atoms with Gasteiger partial charge in [0.1, 0.15) is 31.0 Å². The molecule has 0 spiro atoms. The minimum atomic E-state index is -1.89. The van der Waals surface area contributed by atoms with E-state index in [2.05, 4.69) is 0 Å². The Labute approximate surface area is 400 Å². The van der Waals surface area contributed by atoms with Crippen molar-refractivity contribution < 1.29 is 77.1 Å². The van der Waals surface area contributed by atoms with Gasteiger partial charge in [-0.25, -0.2) is 9.59 Å². The number of methoxy groups -OCH3 is 1. The largest absolute Gasteiger partial charge is 0.509 e. The molecule has 0 aliphatic carbocycles. The van der Waals surface area contributed by atoms with Crippen molar-refractivity contribution in [1.29, 1.82) is 0 Å². The molecular formula is C51H73NO16. The smallest absolute Gasteiger partial charge is 0.469 e. The van der Waals surface area contributed by atoms with Crippen LogP contribution in [0.2, 0.25) is 0 Å². The average Bonchev–Trinajstić information content (AvgIpc) is 3.64. The lowest BCUT2D eigenvalue weighted by Crippen LogP contribution is -2.59. The summed E-state index contributed by atoms with van der Waals surface area (Å²) in [5, 5.41) is 34.3. The molecule has 0 aromatic heterocycles. The highest BCUT2D eigenvalue weighted by molar-refractivity contribution is 5.73. The minimum Gasteiger partial charge on any atom is -0.469 e. The minimum absolute atomic E-state index is 0.0176. The predicted octanol–water partition coefficient (Wildman–Crippen LogP) is 6.43. The van der Waals surface area contributed by atoms with Crippen molar-refractivity contribution in [3.63, 3.8) is 0 Å². The van der Waals surface area contributed by atoms with Gasteiger partial charge in [0, 0.05) is 32.4 Å². The van der Waals surface area contributed by atoms with Crippen LogP contribution in [0.15, 0.2) is 73.0 Å². The van der Waals surface area contributed by atoms with E-state index in [1.54, 1.807) is 45.9 Å². The first kappa shape index (κ1) is 53.0. The van der Waals surface area contributed by atoms with E-state index in [0.29, 0.717) is 12.0 Å². The van der Waals surface area contributed by atoms with E-state index in [9.17, 15) is 29.7 Å². The Morgan fingerprint density at radius 3 is 2.13 bits per heavy atom. The van der Waals surface area contributed by atoms with E-state index >= 15 is 0 Å². The van der Waals surface area contributed by atoms with Crippen molar-refractivity contribution in [2.24, 2.45) is 23.7 Å². The quantitative estimate of drug-likeness (QED) is 0.138. The molecule has 9 unspecified atom stereocenters. The molecule has 4 aliphatic heterocycles. The predicted molar refractivity (Wildman–Crippen MR) is 245 cm³/mol. The summed E-state index contributed by atoms with van der Waals surface area (Å²) in [6, 6.07) is 17.2. The van der Waals surface area contributed by atoms with Gasteiger partial charge in [-0.2, -0.15) is 0 Å². The van der Waals surface area contributed by atoms with Gasteiger partial charge in [0.2, 0.25) is 6.29 Å². The number of esters is 1. The number of benzene rings is 2. The molecule has 2 bridgehead atoms. The molecule has 6 rings (SSSR count). The van der Waals surface area contributed by atoms with Crippen LogP contribution in [0, 0.1) is 23.7 Å². The van der Waals surface area contributed by atoms with Crippen molar-refractivity contribution in [2.75, 3.05) is 14.2 Å². The van der Waals surface area contributed by atoms with Crippen molar-refractivity contribution >= 4 is 18.2 Å². The SMILES string of the molecule is CC[C@@H](O)[C@@](C)(O)[C@@H]1OC(=O)[C@H](C)[C@H](OC2CC(C)(OC)C(O)C(C)O2)[C@H](C)[C@@H](OC2OC=CC(N(C)C(=O)OCc3ccccc3)C2OC(=O)OCc2ccccc2)[C@@]2(C)CC(C)C(O2)[C@@H]1C.